The van der Waals surface area contributed by atoms with E-state index in [9.17, 15) is 0 Å². The lowest BCUT2D eigenvalue weighted by Crippen LogP contribution is -2.43. The minimum atomic E-state index is 0.789. The Hall–Kier alpha value is -0.820. The van der Waals surface area contributed by atoms with Crippen LogP contribution < -0.4 is 0 Å². The molecule has 3 unspecified atom stereocenters. The van der Waals surface area contributed by atoms with Crippen LogP contribution in [0.3, 0.4) is 0 Å². The molecule has 0 amide bonds. The van der Waals surface area contributed by atoms with Gasteiger partial charge in [-0.05, 0) is 43.2 Å². The highest BCUT2D eigenvalue weighted by atomic mass is 15.2. The van der Waals surface area contributed by atoms with Crippen LogP contribution in [0.4, 0.5) is 0 Å². The Balaban J connectivity index is 1.86. The number of benzene rings is 1. The van der Waals surface area contributed by atoms with E-state index in [0.717, 1.165) is 17.9 Å². The molecular formula is C16H23N. The third-order valence-electron chi connectivity index (χ3n) is 4.76. The molecule has 1 nitrogen and oxygen atoms in total. The third-order valence-corrected chi connectivity index (χ3v) is 4.76. The minimum Gasteiger partial charge on any atom is -0.300 e. The molecule has 1 aromatic rings. The van der Waals surface area contributed by atoms with Crippen molar-refractivity contribution in [3.63, 3.8) is 0 Å². The fourth-order valence-corrected chi connectivity index (χ4v) is 3.81. The lowest BCUT2D eigenvalue weighted by atomic mass is 9.78. The van der Waals surface area contributed by atoms with Crippen molar-refractivity contribution in [3.05, 3.63) is 35.9 Å². The number of piperidine rings is 1. The first-order valence-corrected chi connectivity index (χ1v) is 7.17. The number of hydrogen-bond acceptors (Lipinski definition) is 1. The van der Waals surface area contributed by atoms with E-state index in [1.807, 2.05) is 0 Å². The maximum absolute atomic E-state index is 2.76. The molecule has 17 heavy (non-hydrogen) atoms. The Morgan fingerprint density at radius 3 is 2.82 bits per heavy atom. The highest BCUT2D eigenvalue weighted by Gasteiger charge is 2.38. The molecule has 2 aliphatic rings. The number of fused-ring (bicyclic) bond motifs is 1. The highest BCUT2D eigenvalue weighted by molar-refractivity contribution is 5.23. The molecule has 2 saturated heterocycles. The molecular weight excluding hydrogens is 206 g/mol. The van der Waals surface area contributed by atoms with Crippen LogP contribution in [0.25, 0.3) is 0 Å². The Bertz CT molecular complexity index is 359. The van der Waals surface area contributed by atoms with Crippen LogP contribution in [0, 0.1) is 5.92 Å². The van der Waals surface area contributed by atoms with Gasteiger partial charge in [0.2, 0.25) is 0 Å². The molecule has 1 heteroatoms. The monoisotopic (exact) mass is 229 g/mol. The summed E-state index contributed by atoms with van der Waals surface area (Å²) in [6.07, 6.45) is 5.56. The Kier molecular flexibility index (Phi) is 3.19. The second-order valence-electron chi connectivity index (χ2n) is 5.73. The molecule has 92 valence electrons. The average molecular weight is 229 g/mol. The van der Waals surface area contributed by atoms with Gasteiger partial charge in [0.05, 0.1) is 0 Å². The van der Waals surface area contributed by atoms with E-state index in [0.29, 0.717) is 0 Å². The summed E-state index contributed by atoms with van der Waals surface area (Å²) in [4.78, 5) is 2.76. The van der Waals surface area contributed by atoms with Gasteiger partial charge in [0.15, 0.2) is 0 Å². The molecule has 1 aromatic carbocycles. The molecule has 2 fully saturated rings. The number of nitrogens with zero attached hydrogens (tertiary/aromatic N) is 1. The fraction of sp³-hybridized carbons (Fsp3) is 0.625. The molecule has 0 saturated carbocycles. The lowest BCUT2D eigenvalue weighted by molar-refractivity contribution is 0.122. The summed E-state index contributed by atoms with van der Waals surface area (Å²) in [7, 11) is 0. The zero-order chi connectivity index (χ0) is 11.7. The van der Waals surface area contributed by atoms with Crippen molar-refractivity contribution < 1.29 is 0 Å². The van der Waals surface area contributed by atoms with Crippen molar-refractivity contribution >= 4 is 0 Å². The van der Waals surface area contributed by atoms with Crippen molar-refractivity contribution in [3.8, 4) is 0 Å². The molecule has 2 aliphatic heterocycles. The highest BCUT2D eigenvalue weighted by Crippen LogP contribution is 2.41. The van der Waals surface area contributed by atoms with Crippen LogP contribution in [0.5, 0.6) is 0 Å². The van der Waals surface area contributed by atoms with E-state index in [-0.39, 0.29) is 0 Å². The average Bonchev–Trinajstić information content (AvgIpc) is 2.86. The molecule has 0 spiro atoms. The van der Waals surface area contributed by atoms with Gasteiger partial charge in [-0.15, -0.1) is 0 Å². The summed E-state index contributed by atoms with van der Waals surface area (Å²) in [6, 6.07) is 12.0. The smallest absolute Gasteiger partial charge is 0.0165 e. The van der Waals surface area contributed by atoms with Gasteiger partial charge in [0, 0.05) is 12.6 Å². The van der Waals surface area contributed by atoms with Gasteiger partial charge in [-0.1, -0.05) is 43.7 Å². The van der Waals surface area contributed by atoms with E-state index in [2.05, 4.69) is 42.2 Å². The van der Waals surface area contributed by atoms with Crippen LogP contribution in [-0.4, -0.2) is 24.0 Å². The summed E-state index contributed by atoms with van der Waals surface area (Å²) in [6.45, 7) is 5.04. The molecule has 0 N–H and O–H groups in total. The number of hydrogen-bond donors (Lipinski definition) is 0. The Labute approximate surface area is 105 Å². The van der Waals surface area contributed by atoms with Crippen molar-refractivity contribution in [2.45, 2.75) is 44.6 Å². The molecule has 0 aliphatic carbocycles. The topological polar surface area (TPSA) is 3.24 Å². The largest absolute Gasteiger partial charge is 0.300 e. The van der Waals surface area contributed by atoms with Crippen molar-refractivity contribution in [1.29, 1.82) is 0 Å². The SMILES string of the molecule is CCC1CC(c2ccccc2)C2CCCN2C1. The molecule has 3 atom stereocenters. The van der Waals surface area contributed by atoms with Gasteiger partial charge < -0.3 is 0 Å². The Morgan fingerprint density at radius 2 is 2.06 bits per heavy atom. The van der Waals surface area contributed by atoms with Crippen molar-refractivity contribution in [2.75, 3.05) is 13.1 Å². The van der Waals surface area contributed by atoms with E-state index < -0.39 is 0 Å². The molecule has 0 aromatic heterocycles. The molecule has 0 bridgehead atoms. The lowest BCUT2D eigenvalue weighted by Gasteiger charge is -2.41. The van der Waals surface area contributed by atoms with Crippen LogP contribution >= 0.6 is 0 Å². The van der Waals surface area contributed by atoms with Crippen LogP contribution in [0.2, 0.25) is 0 Å². The van der Waals surface area contributed by atoms with Gasteiger partial charge in [-0.25, -0.2) is 0 Å². The van der Waals surface area contributed by atoms with Crippen LogP contribution in [0.15, 0.2) is 30.3 Å². The van der Waals surface area contributed by atoms with Gasteiger partial charge in [-0.2, -0.15) is 0 Å². The standard InChI is InChI=1S/C16H23N/c1-2-13-11-15(14-7-4-3-5-8-14)16-9-6-10-17(16)12-13/h3-5,7-8,13,15-16H,2,6,9-12H2,1H3. The van der Waals surface area contributed by atoms with E-state index >= 15 is 0 Å². The maximum atomic E-state index is 2.76. The predicted octanol–water partition coefficient (Wildman–Crippen LogP) is 3.66. The normalized spacial score (nSPS) is 33.6. The summed E-state index contributed by atoms with van der Waals surface area (Å²) in [5, 5.41) is 0. The van der Waals surface area contributed by atoms with Crippen LogP contribution in [0.1, 0.15) is 44.1 Å². The molecule has 0 radical (unpaired) electrons. The zero-order valence-corrected chi connectivity index (χ0v) is 10.8. The first-order valence-electron chi connectivity index (χ1n) is 7.17. The van der Waals surface area contributed by atoms with E-state index in [1.165, 1.54) is 38.8 Å². The quantitative estimate of drug-likeness (QED) is 0.748. The van der Waals surface area contributed by atoms with Gasteiger partial charge in [0.25, 0.3) is 0 Å². The van der Waals surface area contributed by atoms with E-state index in [1.54, 1.807) is 5.56 Å². The molecule has 2 heterocycles. The minimum absolute atomic E-state index is 0.789. The maximum Gasteiger partial charge on any atom is 0.0165 e. The Morgan fingerprint density at radius 1 is 1.24 bits per heavy atom. The second-order valence-corrected chi connectivity index (χ2v) is 5.73. The third kappa shape index (κ3) is 2.13. The van der Waals surface area contributed by atoms with Gasteiger partial charge in [0.1, 0.15) is 0 Å². The predicted molar refractivity (Wildman–Crippen MR) is 72.2 cm³/mol. The van der Waals surface area contributed by atoms with Gasteiger partial charge >= 0.3 is 0 Å². The summed E-state index contributed by atoms with van der Waals surface area (Å²) in [5.41, 5.74) is 1.57. The molecule has 3 rings (SSSR count). The summed E-state index contributed by atoms with van der Waals surface area (Å²) < 4.78 is 0. The zero-order valence-electron chi connectivity index (χ0n) is 10.8. The van der Waals surface area contributed by atoms with E-state index in [4.69, 9.17) is 0 Å². The fourth-order valence-electron chi connectivity index (χ4n) is 3.81. The first kappa shape index (κ1) is 11.3. The van der Waals surface area contributed by atoms with Crippen LogP contribution in [-0.2, 0) is 0 Å². The summed E-state index contributed by atoms with van der Waals surface area (Å²) in [5.74, 6) is 1.70. The van der Waals surface area contributed by atoms with Crippen molar-refractivity contribution in [2.24, 2.45) is 5.92 Å². The number of rotatable bonds is 2. The second kappa shape index (κ2) is 4.81. The summed E-state index contributed by atoms with van der Waals surface area (Å²) >= 11 is 0. The first-order chi connectivity index (χ1) is 8.38. The van der Waals surface area contributed by atoms with Crippen molar-refractivity contribution in [1.82, 2.24) is 4.90 Å². The van der Waals surface area contributed by atoms with Gasteiger partial charge in [-0.3, -0.25) is 4.90 Å².